The molecule has 29 heavy (non-hydrogen) atoms. The fourth-order valence-corrected chi connectivity index (χ4v) is 3.83. The Morgan fingerprint density at radius 3 is 2.62 bits per heavy atom. The van der Waals surface area contributed by atoms with Crippen molar-refractivity contribution in [3.05, 3.63) is 48.0 Å². The fourth-order valence-electron chi connectivity index (χ4n) is 3.83. The molecule has 2 aromatic carbocycles. The summed E-state index contributed by atoms with van der Waals surface area (Å²) in [7, 11) is 4.90. The highest BCUT2D eigenvalue weighted by Gasteiger charge is 2.26. The van der Waals surface area contributed by atoms with Crippen LogP contribution in [0.2, 0.25) is 0 Å². The quantitative estimate of drug-likeness (QED) is 0.732. The highest BCUT2D eigenvalue weighted by molar-refractivity contribution is 5.89. The van der Waals surface area contributed by atoms with Crippen LogP contribution in [0.4, 0.5) is 10.5 Å². The van der Waals surface area contributed by atoms with Gasteiger partial charge in [0.1, 0.15) is 5.75 Å². The smallest absolute Gasteiger partial charge is 0.322 e. The number of hydrogen-bond acceptors (Lipinski definition) is 4. The summed E-state index contributed by atoms with van der Waals surface area (Å²) in [6.45, 7) is 0.784. The molecule has 1 heterocycles. The number of aryl methyl sites for hydroxylation is 1. The second-order valence-electron chi connectivity index (χ2n) is 7.23. The van der Waals surface area contributed by atoms with Gasteiger partial charge in [-0.2, -0.15) is 0 Å². The summed E-state index contributed by atoms with van der Waals surface area (Å²) < 4.78 is 16.0. The van der Waals surface area contributed by atoms with E-state index in [9.17, 15) is 4.79 Å². The van der Waals surface area contributed by atoms with Crippen LogP contribution in [0.15, 0.2) is 42.5 Å². The maximum atomic E-state index is 12.9. The minimum absolute atomic E-state index is 0.0461. The average molecular weight is 399 g/mol. The number of carbonyl (C=O) groups is 1. The lowest BCUT2D eigenvalue weighted by atomic mass is 9.96. The predicted octanol–water partition coefficient (Wildman–Crippen LogP) is 4.73. The van der Waals surface area contributed by atoms with Gasteiger partial charge < -0.3 is 24.4 Å². The molecule has 0 saturated carbocycles. The van der Waals surface area contributed by atoms with Gasteiger partial charge in [0.15, 0.2) is 11.5 Å². The molecular formula is C23H30N2O4. The molecule has 2 amide bonds. The van der Waals surface area contributed by atoms with E-state index >= 15 is 0 Å². The number of nitrogens with zero attached hydrogens (tertiary/aromatic N) is 1. The van der Waals surface area contributed by atoms with Gasteiger partial charge in [-0.1, -0.05) is 12.1 Å². The van der Waals surface area contributed by atoms with E-state index in [4.69, 9.17) is 14.2 Å². The molecular weight excluding hydrogens is 368 g/mol. The molecule has 0 radical (unpaired) electrons. The van der Waals surface area contributed by atoms with Crippen molar-refractivity contribution in [1.29, 1.82) is 0 Å². The molecule has 6 heteroatoms. The van der Waals surface area contributed by atoms with Crippen LogP contribution >= 0.6 is 0 Å². The molecule has 1 N–H and O–H groups in total. The first kappa shape index (κ1) is 20.8. The molecule has 1 saturated heterocycles. The Bertz CT molecular complexity index is 824. The Kier molecular flexibility index (Phi) is 7.22. The average Bonchev–Trinajstić information content (AvgIpc) is 2.77. The Balaban J connectivity index is 1.64. The number of rotatable bonds is 7. The number of urea groups is 1. The highest BCUT2D eigenvalue weighted by atomic mass is 16.5. The van der Waals surface area contributed by atoms with Gasteiger partial charge in [0.25, 0.3) is 0 Å². The number of ether oxygens (including phenoxy) is 3. The number of likely N-dealkylation sites (tertiary alicyclic amines) is 1. The Labute approximate surface area is 172 Å². The van der Waals surface area contributed by atoms with Gasteiger partial charge in [0, 0.05) is 24.3 Å². The summed E-state index contributed by atoms with van der Waals surface area (Å²) >= 11 is 0. The van der Waals surface area contributed by atoms with Gasteiger partial charge in [0.2, 0.25) is 0 Å². The molecule has 6 nitrogen and oxygen atoms in total. The summed E-state index contributed by atoms with van der Waals surface area (Å²) in [6.07, 6.45) is 5.02. The second kappa shape index (κ2) is 10.0. The third kappa shape index (κ3) is 5.34. The number of nitrogens with one attached hydrogen (secondary N) is 1. The van der Waals surface area contributed by atoms with Crippen LogP contribution in [-0.4, -0.2) is 44.8 Å². The molecule has 1 aliphatic rings. The van der Waals surface area contributed by atoms with E-state index in [-0.39, 0.29) is 12.1 Å². The monoisotopic (exact) mass is 398 g/mol. The maximum Gasteiger partial charge on any atom is 0.322 e. The maximum absolute atomic E-state index is 12.9. The number of methoxy groups -OCH3 is 3. The molecule has 1 atom stereocenters. The highest BCUT2D eigenvalue weighted by Crippen LogP contribution is 2.29. The fraction of sp³-hybridized carbons (Fsp3) is 0.435. The Morgan fingerprint density at radius 2 is 1.86 bits per heavy atom. The van der Waals surface area contributed by atoms with E-state index in [1.807, 2.05) is 41.3 Å². The number of anilines is 1. The first-order valence-electron chi connectivity index (χ1n) is 10.1. The van der Waals surface area contributed by atoms with Gasteiger partial charge in [-0.15, -0.1) is 0 Å². The van der Waals surface area contributed by atoms with Crippen LogP contribution in [0.3, 0.4) is 0 Å². The van der Waals surface area contributed by atoms with Gasteiger partial charge in [0.05, 0.1) is 21.3 Å². The van der Waals surface area contributed by atoms with E-state index in [1.54, 1.807) is 21.3 Å². The molecule has 0 aromatic heterocycles. The lowest BCUT2D eigenvalue weighted by molar-refractivity contribution is 0.158. The zero-order chi connectivity index (χ0) is 20.6. The van der Waals surface area contributed by atoms with Gasteiger partial charge >= 0.3 is 6.03 Å². The van der Waals surface area contributed by atoms with Crippen molar-refractivity contribution in [3.8, 4) is 17.2 Å². The minimum Gasteiger partial charge on any atom is -0.497 e. The van der Waals surface area contributed by atoms with E-state index in [1.165, 1.54) is 5.56 Å². The summed E-state index contributed by atoms with van der Waals surface area (Å²) in [6, 6.07) is 13.6. The number of amides is 2. The van der Waals surface area contributed by atoms with Crippen LogP contribution in [-0.2, 0) is 6.42 Å². The molecule has 3 rings (SSSR count). The molecule has 1 aliphatic heterocycles. The number of hydrogen-bond donors (Lipinski definition) is 1. The van der Waals surface area contributed by atoms with Crippen LogP contribution in [0.25, 0.3) is 0 Å². The molecule has 1 fully saturated rings. The summed E-state index contributed by atoms with van der Waals surface area (Å²) in [5, 5.41) is 3.02. The Morgan fingerprint density at radius 1 is 1.03 bits per heavy atom. The molecule has 156 valence electrons. The van der Waals surface area contributed by atoms with Crippen molar-refractivity contribution in [1.82, 2.24) is 4.90 Å². The lowest BCUT2D eigenvalue weighted by Crippen LogP contribution is -2.46. The molecule has 0 spiro atoms. The topological polar surface area (TPSA) is 60.0 Å². The largest absolute Gasteiger partial charge is 0.497 e. The van der Waals surface area contributed by atoms with Crippen LogP contribution in [0.1, 0.15) is 31.2 Å². The van der Waals surface area contributed by atoms with Crippen LogP contribution < -0.4 is 19.5 Å². The summed E-state index contributed by atoms with van der Waals surface area (Å²) in [5.41, 5.74) is 1.93. The second-order valence-corrected chi connectivity index (χ2v) is 7.23. The van der Waals surface area contributed by atoms with Crippen molar-refractivity contribution in [2.24, 2.45) is 0 Å². The van der Waals surface area contributed by atoms with E-state index < -0.39 is 0 Å². The van der Waals surface area contributed by atoms with Crippen molar-refractivity contribution < 1.29 is 19.0 Å². The molecule has 2 aromatic rings. The molecule has 0 unspecified atom stereocenters. The van der Waals surface area contributed by atoms with Crippen molar-refractivity contribution in [2.45, 2.75) is 38.1 Å². The van der Waals surface area contributed by atoms with Gasteiger partial charge in [-0.25, -0.2) is 4.79 Å². The van der Waals surface area contributed by atoms with Crippen LogP contribution in [0.5, 0.6) is 17.2 Å². The summed E-state index contributed by atoms with van der Waals surface area (Å²) in [4.78, 5) is 14.9. The van der Waals surface area contributed by atoms with E-state index in [2.05, 4.69) is 11.4 Å². The zero-order valence-electron chi connectivity index (χ0n) is 17.4. The van der Waals surface area contributed by atoms with Crippen molar-refractivity contribution in [3.63, 3.8) is 0 Å². The SMILES string of the molecule is COc1cccc(NC(=O)N2CCCC[C@@H]2CCc2ccc(OC)c(OC)c2)c1. The third-order valence-corrected chi connectivity index (χ3v) is 5.42. The van der Waals surface area contributed by atoms with E-state index in [0.717, 1.165) is 61.6 Å². The third-order valence-electron chi connectivity index (χ3n) is 5.42. The van der Waals surface area contributed by atoms with Crippen LogP contribution in [0, 0.1) is 0 Å². The zero-order valence-corrected chi connectivity index (χ0v) is 17.4. The predicted molar refractivity (Wildman–Crippen MR) is 114 cm³/mol. The normalized spacial score (nSPS) is 16.2. The molecule has 0 bridgehead atoms. The first-order chi connectivity index (χ1) is 14.1. The van der Waals surface area contributed by atoms with E-state index in [0.29, 0.717) is 0 Å². The van der Waals surface area contributed by atoms with Gasteiger partial charge in [-0.05, 0) is 61.9 Å². The lowest BCUT2D eigenvalue weighted by Gasteiger charge is -2.36. The first-order valence-corrected chi connectivity index (χ1v) is 10.1. The molecule has 0 aliphatic carbocycles. The minimum atomic E-state index is -0.0461. The Hall–Kier alpha value is -2.89. The van der Waals surface area contributed by atoms with Crippen molar-refractivity contribution in [2.75, 3.05) is 33.2 Å². The number of piperidine rings is 1. The number of carbonyl (C=O) groups excluding carboxylic acids is 1. The standard InChI is InChI=1S/C23H30N2O4/c1-27-20-9-6-7-18(16-20)24-23(26)25-14-5-4-8-19(25)12-10-17-11-13-21(28-2)22(15-17)29-3/h6-7,9,11,13,15-16,19H,4-5,8,10,12,14H2,1-3H3,(H,24,26)/t19-/m1/s1. The van der Waals surface area contributed by atoms with Gasteiger partial charge in [-0.3, -0.25) is 0 Å². The van der Waals surface area contributed by atoms with Crippen molar-refractivity contribution >= 4 is 11.7 Å². The number of benzene rings is 2. The summed E-state index contributed by atoms with van der Waals surface area (Å²) in [5.74, 6) is 2.20.